The van der Waals surface area contributed by atoms with Gasteiger partial charge in [0.25, 0.3) is 0 Å². The third kappa shape index (κ3) is 7.44. The van der Waals surface area contributed by atoms with Crippen molar-refractivity contribution in [3.8, 4) is 0 Å². The van der Waals surface area contributed by atoms with E-state index in [-0.39, 0.29) is 27.7 Å². The zero-order valence-corrected chi connectivity index (χ0v) is 45.8. The average Bonchev–Trinajstić information content (AvgIpc) is 4.08. The smallest absolute Gasteiger partial charge is 0.395 e. The zero-order valence-electron chi connectivity index (χ0n) is 36.8. The molecule has 0 N–H and O–H groups in total. The van der Waals surface area contributed by atoms with Crippen molar-refractivity contribution in [2.45, 2.75) is 123 Å². The van der Waals surface area contributed by atoms with Crippen LogP contribution in [0.4, 0.5) is 0 Å². The maximum absolute atomic E-state index is 8.14. The molecule has 13 heterocycles. The van der Waals surface area contributed by atoms with Gasteiger partial charge in [0.1, 0.15) is 0 Å². The summed E-state index contributed by atoms with van der Waals surface area (Å²) in [6, 6.07) is 0. The van der Waals surface area contributed by atoms with E-state index in [9.17, 15) is 0 Å². The quantitative estimate of drug-likeness (QED) is 0.272. The van der Waals surface area contributed by atoms with Gasteiger partial charge in [-0.2, -0.15) is 0 Å². The largest absolute Gasteiger partial charge is 0.646 e. The summed E-state index contributed by atoms with van der Waals surface area (Å²) in [4.78, 5) is 0. The van der Waals surface area contributed by atoms with Crippen molar-refractivity contribution in [3.05, 3.63) is 0 Å². The summed E-state index contributed by atoms with van der Waals surface area (Å²) in [6.45, 7) is 14.4. The van der Waals surface area contributed by atoms with E-state index < -0.39 is 95.6 Å². The summed E-state index contributed by atoms with van der Waals surface area (Å²) in [5.74, 6) is 0. The first kappa shape index (κ1) is 45.3. The Morgan fingerprint density at radius 2 is 0.587 bits per heavy atom. The van der Waals surface area contributed by atoms with Crippen LogP contribution >= 0.6 is 0 Å². The van der Waals surface area contributed by atoms with Gasteiger partial charge in [-0.1, -0.05) is 20.3 Å². The zero-order chi connectivity index (χ0) is 42.8. The van der Waals surface area contributed by atoms with Gasteiger partial charge < -0.3 is 86.7 Å². The van der Waals surface area contributed by atoms with E-state index in [4.69, 9.17) is 86.7 Å². The van der Waals surface area contributed by atoms with Crippen LogP contribution in [0.2, 0.25) is 57.4 Å². The normalized spacial score (nSPS) is 53.8. The Labute approximate surface area is 379 Å². The van der Waals surface area contributed by atoms with E-state index in [1.807, 2.05) is 0 Å². The van der Waals surface area contributed by atoms with Gasteiger partial charge >= 0.3 is 70.7 Å². The summed E-state index contributed by atoms with van der Waals surface area (Å²) in [7, 11) is -38.0. The third-order valence-corrected chi connectivity index (χ3v) is 58.5. The van der Waals surface area contributed by atoms with Crippen LogP contribution in [0.1, 0.15) is 65.2 Å². The summed E-state index contributed by atoms with van der Waals surface area (Å²) in [5, 5.41) is 0. The second kappa shape index (κ2) is 16.6. The van der Waals surface area contributed by atoms with Crippen molar-refractivity contribution >= 4 is 79.0 Å². The average molecular weight is 1050 g/mol. The molecule has 13 rings (SSSR count). The summed E-state index contributed by atoms with van der Waals surface area (Å²) >= 11 is 0. The Morgan fingerprint density at radius 1 is 0.381 bits per heavy atom. The molecule has 0 aromatic heterocycles. The van der Waals surface area contributed by atoms with E-state index in [0.717, 1.165) is 6.42 Å². The predicted octanol–water partition coefficient (Wildman–Crippen LogP) is 3.82. The van der Waals surface area contributed by atoms with Gasteiger partial charge in [-0.3, -0.25) is 0 Å². The predicted molar refractivity (Wildman–Crippen MR) is 232 cm³/mol. The van der Waals surface area contributed by atoms with E-state index >= 15 is 0 Å². The topological polar surface area (TPSA) is 185 Å². The van der Waals surface area contributed by atoms with Crippen LogP contribution in [0.25, 0.3) is 0 Å². The molecule has 0 aliphatic carbocycles. The number of rotatable bonds is 11. The van der Waals surface area contributed by atoms with Crippen molar-refractivity contribution in [2.75, 3.05) is 92.5 Å². The van der Waals surface area contributed by atoms with Crippen LogP contribution in [0.5, 0.6) is 0 Å². The van der Waals surface area contributed by atoms with Gasteiger partial charge in [-0.05, 0) is 63.6 Å². The molecular formula is C34H64O20Si9. The minimum absolute atomic E-state index is 0.160. The van der Waals surface area contributed by atoms with Crippen LogP contribution in [-0.4, -0.2) is 171 Å². The molecule has 8 atom stereocenters. The van der Waals surface area contributed by atoms with Crippen LogP contribution in [0, 0.1) is 0 Å². The summed E-state index contributed by atoms with van der Waals surface area (Å²) < 4.78 is 149. The molecule has 13 aliphatic heterocycles. The Kier molecular flexibility index (Phi) is 12.0. The van der Waals surface area contributed by atoms with Gasteiger partial charge in [-0.15, -0.1) is 0 Å². The molecule has 0 aromatic carbocycles. The fourth-order valence-electron chi connectivity index (χ4n) is 11.2. The highest BCUT2D eigenvalue weighted by molar-refractivity contribution is 7.04. The molecule has 0 saturated carbocycles. The number of hydrogen-bond donors (Lipinski definition) is 0. The highest BCUT2D eigenvalue weighted by Gasteiger charge is 2.90. The van der Waals surface area contributed by atoms with Crippen molar-refractivity contribution in [3.63, 3.8) is 0 Å². The lowest BCUT2D eigenvalue weighted by atomic mass is 10.4. The lowest BCUT2D eigenvalue weighted by Crippen LogP contribution is -2.91. The number of hydrogen-bond acceptors (Lipinski definition) is 20. The second-order valence-electron chi connectivity index (χ2n) is 19.9. The molecule has 0 radical (unpaired) electrons. The molecule has 13 fully saturated rings. The Hall–Kier alpha value is 1.15. The molecule has 13 aliphatic rings. The van der Waals surface area contributed by atoms with Crippen molar-refractivity contribution in [1.82, 2.24) is 0 Å². The molecular weight excluding hydrogens is 981 g/mol. The highest BCUT2D eigenvalue weighted by Crippen LogP contribution is 2.63. The summed E-state index contributed by atoms with van der Waals surface area (Å²) in [5.41, 5.74) is -2.49. The molecule has 8 bridgehead atoms. The molecule has 0 aromatic rings. The first-order chi connectivity index (χ1) is 30.4. The highest BCUT2D eigenvalue weighted by atomic mass is 28.6. The first-order valence-corrected chi connectivity index (χ1v) is 40.8. The van der Waals surface area contributed by atoms with Gasteiger partial charge in [-0.25, -0.2) is 0 Å². The Bertz CT molecular complexity index is 1510. The van der Waals surface area contributed by atoms with Crippen LogP contribution < -0.4 is 0 Å². The third-order valence-electron chi connectivity index (χ3n) is 15.6. The van der Waals surface area contributed by atoms with Crippen molar-refractivity contribution in [2.24, 2.45) is 0 Å². The van der Waals surface area contributed by atoms with E-state index in [1.54, 1.807) is 0 Å². The minimum atomic E-state index is -4.72. The molecule has 13 saturated heterocycles. The molecule has 29 heteroatoms. The molecule has 356 valence electrons. The van der Waals surface area contributed by atoms with Crippen LogP contribution in [0.15, 0.2) is 0 Å². The molecule has 0 amide bonds. The fraction of sp³-hybridized carbons (Fsp3) is 1.00. The maximum atomic E-state index is 8.14. The maximum Gasteiger partial charge on any atom is 0.646 e. The van der Waals surface area contributed by atoms with E-state index in [0.29, 0.717) is 137 Å². The van der Waals surface area contributed by atoms with Gasteiger partial charge in [0.2, 0.25) is 0 Å². The Balaban J connectivity index is 1.19. The van der Waals surface area contributed by atoms with Gasteiger partial charge in [0, 0.05) is 46.2 Å². The van der Waals surface area contributed by atoms with Gasteiger partial charge in [0.15, 0.2) is 8.32 Å². The lowest BCUT2D eigenvalue weighted by Gasteiger charge is -2.66. The molecule has 63 heavy (non-hydrogen) atoms. The monoisotopic (exact) mass is 1040 g/mol. The Morgan fingerprint density at radius 3 is 0.762 bits per heavy atom. The van der Waals surface area contributed by atoms with Gasteiger partial charge in [0.05, 0.1) is 85.0 Å². The second-order valence-corrected chi connectivity index (χ2v) is 49.9. The molecule has 8 unspecified atom stereocenters. The number of ether oxygens (including phenoxy) is 7. The standard InChI is InChI=1S/C34H64O20Si9/c1-5-27(2)55(3,4)42-63-52-60(32-10-17-39-24-32)46-57(29-7-14-36-21-29)43-56(28-6-13-35-20-28)44-58(48-60,30-8-15-37-22-30)50-62(54-63,34-12-19-41-26-34)51-59(45-56,31-9-16-38-23-31)49-61(47-57,53-63)33-11-18-40-25-33/h27-34H,5-26H2,1-4H3. The SMILES string of the molecule is CCC(C)[Si](C)(C)O[Si]12O[Si]3(C4CCOC4)O[Si]4(C5CCOC5)O[Si](C5CCOC5)(O1)O[Si]1(C5CCOC5)O[Si](C5CCOC5)(O2)O[Si](C2CCOC2)(O3)O[Si](C2CCOC2)(O4)O1. The molecule has 20 nitrogen and oxygen atoms in total. The summed E-state index contributed by atoms with van der Waals surface area (Å²) in [6.07, 6.45) is 5.02. The van der Waals surface area contributed by atoms with Crippen LogP contribution in [-0.2, 0) is 86.7 Å². The van der Waals surface area contributed by atoms with Crippen LogP contribution in [0.3, 0.4) is 0 Å². The van der Waals surface area contributed by atoms with Crippen molar-refractivity contribution in [1.29, 1.82) is 0 Å². The van der Waals surface area contributed by atoms with E-state index in [2.05, 4.69) is 26.9 Å². The van der Waals surface area contributed by atoms with E-state index in [1.165, 1.54) is 0 Å². The fourth-order valence-corrected chi connectivity index (χ4v) is 68.2. The lowest BCUT2D eigenvalue weighted by molar-refractivity contribution is -0.0620. The van der Waals surface area contributed by atoms with Crippen molar-refractivity contribution < 1.29 is 86.7 Å². The first-order valence-electron chi connectivity index (χ1n) is 23.6. The molecule has 0 spiro atoms. The minimum Gasteiger partial charge on any atom is -0.395 e.